The molecule has 80 valence electrons. The van der Waals surface area contributed by atoms with Gasteiger partial charge in [-0.05, 0) is 25.2 Å². The van der Waals surface area contributed by atoms with Crippen molar-refractivity contribution in [3.05, 3.63) is 24.0 Å². The Bertz CT molecular complexity index is 394. The van der Waals surface area contributed by atoms with E-state index in [4.69, 9.17) is 0 Å². The van der Waals surface area contributed by atoms with Gasteiger partial charge in [-0.2, -0.15) is 0 Å². The van der Waals surface area contributed by atoms with Gasteiger partial charge in [0.2, 0.25) is 5.91 Å². The first-order chi connectivity index (χ1) is 7.20. The van der Waals surface area contributed by atoms with Crippen LogP contribution in [0.4, 0.5) is 15.8 Å². The van der Waals surface area contributed by atoms with Crippen molar-refractivity contribution >= 4 is 17.3 Å². The van der Waals surface area contributed by atoms with Crippen molar-refractivity contribution in [2.75, 3.05) is 24.2 Å². The fourth-order valence-electron chi connectivity index (χ4n) is 1.53. The monoisotopic (exact) mass is 209 g/mol. The van der Waals surface area contributed by atoms with E-state index in [1.54, 1.807) is 13.1 Å². The van der Waals surface area contributed by atoms with Crippen molar-refractivity contribution in [2.24, 2.45) is 0 Å². The standard InChI is InChI=1S/C10H12FN3O/c1-12-9-5-13-7-3-2-6(11)4-8(7)14-10(9)15/h2-4,9,12-13H,5H2,1H3,(H,14,15). The van der Waals surface area contributed by atoms with Gasteiger partial charge in [0.1, 0.15) is 11.9 Å². The van der Waals surface area contributed by atoms with Crippen molar-refractivity contribution in [1.29, 1.82) is 0 Å². The van der Waals surface area contributed by atoms with Gasteiger partial charge in [0.25, 0.3) is 0 Å². The highest BCUT2D eigenvalue weighted by molar-refractivity contribution is 5.99. The number of amides is 1. The van der Waals surface area contributed by atoms with E-state index in [9.17, 15) is 9.18 Å². The molecular formula is C10H12FN3O. The maximum absolute atomic E-state index is 12.9. The molecule has 0 radical (unpaired) electrons. The number of benzene rings is 1. The highest BCUT2D eigenvalue weighted by atomic mass is 19.1. The second-order valence-electron chi connectivity index (χ2n) is 3.40. The lowest BCUT2D eigenvalue weighted by Gasteiger charge is -2.10. The Morgan fingerprint density at radius 2 is 2.27 bits per heavy atom. The molecule has 0 aliphatic carbocycles. The summed E-state index contributed by atoms with van der Waals surface area (Å²) in [4.78, 5) is 11.6. The molecule has 5 heteroatoms. The Kier molecular flexibility index (Phi) is 2.55. The number of likely N-dealkylation sites (N-methyl/N-ethyl adjacent to an activating group) is 1. The average Bonchev–Trinajstić information content (AvgIpc) is 2.35. The number of fused-ring (bicyclic) bond motifs is 1. The molecule has 0 saturated carbocycles. The third-order valence-corrected chi connectivity index (χ3v) is 2.40. The Balaban J connectivity index is 2.31. The number of halogens is 1. The van der Waals surface area contributed by atoms with Crippen molar-refractivity contribution in [3.8, 4) is 0 Å². The van der Waals surface area contributed by atoms with Gasteiger partial charge in [-0.3, -0.25) is 4.79 Å². The van der Waals surface area contributed by atoms with Crippen LogP contribution in [0.25, 0.3) is 0 Å². The van der Waals surface area contributed by atoms with Crippen LogP contribution in [0, 0.1) is 5.82 Å². The molecule has 1 aliphatic rings. The SMILES string of the molecule is CNC1CNc2ccc(F)cc2NC1=O. The van der Waals surface area contributed by atoms with Crippen LogP contribution >= 0.6 is 0 Å². The van der Waals surface area contributed by atoms with E-state index in [0.717, 1.165) is 5.69 Å². The molecule has 1 aromatic rings. The maximum Gasteiger partial charge on any atom is 0.243 e. The van der Waals surface area contributed by atoms with E-state index in [-0.39, 0.29) is 17.8 Å². The van der Waals surface area contributed by atoms with Crippen LogP contribution in [0.3, 0.4) is 0 Å². The normalized spacial score (nSPS) is 19.9. The summed E-state index contributed by atoms with van der Waals surface area (Å²) < 4.78 is 12.9. The molecule has 1 amide bonds. The second-order valence-corrected chi connectivity index (χ2v) is 3.40. The lowest BCUT2D eigenvalue weighted by molar-refractivity contribution is -0.117. The summed E-state index contributed by atoms with van der Waals surface area (Å²) in [6.07, 6.45) is 0. The molecule has 1 aliphatic heterocycles. The largest absolute Gasteiger partial charge is 0.381 e. The van der Waals surface area contributed by atoms with Gasteiger partial charge in [0.05, 0.1) is 11.4 Å². The van der Waals surface area contributed by atoms with Crippen molar-refractivity contribution in [3.63, 3.8) is 0 Å². The molecule has 0 spiro atoms. The van der Waals surface area contributed by atoms with Crippen LogP contribution in [0.5, 0.6) is 0 Å². The molecule has 1 atom stereocenters. The summed E-state index contributed by atoms with van der Waals surface area (Å²) in [7, 11) is 1.71. The molecule has 0 saturated heterocycles. The molecule has 1 aromatic carbocycles. The lowest BCUT2D eigenvalue weighted by atomic mass is 10.2. The smallest absolute Gasteiger partial charge is 0.243 e. The number of nitrogens with one attached hydrogen (secondary N) is 3. The lowest BCUT2D eigenvalue weighted by Crippen LogP contribution is -2.41. The summed E-state index contributed by atoms with van der Waals surface area (Å²) >= 11 is 0. The van der Waals surface area contributed by atoms with Gasteiger partial charge < -0.3 is 16.0 Å². The van der Waals surface area contributed by atoms with Crippen LogP contribution < -0.4 is 16.0 Å². The van der Waals surface area contributed by atoms with E-state index >= 15 is 0 Å². The first kappa shape index (κ1) is 9.92. The zero-order chi connectivity index (χ0) is 10.8. The summed E-state index contributed by atoms with van der Waals surface area (Å²) in [5, 5.41) is 8.61. The summed E-state index contributed by atoms with van der Waals surface area (Å²) in [6.45, 7) is 0.487. The van der Waals surface area contributed by atoms with Crippen LogP contribution in [0.15, 0.2) is 18.2 Å². The number of carbonyl (C=O) groups excluding carboxylic acids is 1. The quantitative estimate of drug-likeness (QED) is 0.640. The number of rotatable bonds is 1. The van der Waals surface area contributed by atoms with Crippen LogP contribution in [0.2, 0.25) is 0 Å². The highest BCUT2D eigenvalue weighted by Crippen LogP contribution is 2.24. The second kappa shape index (κ2) is 3.86. The van der Waals surface area contributed by atoms with Gasteiger partial charge >= 0.3 is 0 Å². The highest BCUT2D eigenvalue weighted by Gasteiger charge is 2.21. The molecule has 1 unspecified atom stereocenters. The Morgan fingerprint density at radius 3 is 3.00 bits per heavy atom. The van der Waals surface area contributed by atoms with Crippen LogP contribution in [-0.4, -0.2) is 25.5 Å². The minimum absolute atomic E-state index is 0.158. The average molecular weight is 209 g/mol. The summed E-state index contributed by atoms with van der Waals surface area (Å²) in [5.74, 6) is -0.520. The van der Waals surface area contributed by atoms with Crippen molar-refractivity contribution < 1.29 is 9.18 Å². The molecule has 0 aromatic heterocycles. The number of anilines is 2. The summed E-state index contributed by atoms with van der Waals surface area (Å²) in [5.41, 5.74) is 1.22. The molecule has 1 heterocycles. The molecule has 0 fully saturated rings. The Labute approximate surface area is 86.9 Å². The third kappa shape index (κ3) is 1.92. The molecule has 15 heavy (non-hydrogen) atoms. The number of hydrogen-bond acceptors (Lipinski definition) is 3. The van der Waals surface area contributed by atoms with Crippen LogP contribution in [0.1, 0.15) is 0 Å². The minimum Gasteiger partial charge on any atom is -0.381 e. The maximum atomic E-state index is 12.9. The Hall–Kier alpha value is -1.62. The molecule has 0 bridgehead atoms. The molecular weight excluding hydrogens is 197 g/mol. The number of hydrogen-bond donors (Lipinski definition) is 3. The van der Waals surface area contributed by atoms with Gasteiger partial charge in [0.15, 0.2) is 0 Å². The fourth-order valence-corrected chi connectivity index (χ4v) is 1.53. The van der Waals surface area contributed by atoms with E-state index in [1.165, 1.54) is 12.1 Å². The summed E-state index contributed by atoms with van der Waals surface area (Å²) in [6, 6.07) is 3.97. The van der Waals surface area contributed by atoms with Crippen LogP contribution in [-0.2, 0) is 4.79 Å². The zero-order valence-electron chi connectivity index (χ0n) is 8.30. The predicted molar refractivity (Wildman–Crippen MR) is 56.4 cm³/mol. The molecule has 4 nitrogen and oxygen atoms in total. The van der Waals surface area contributed by atoms with E-state index in [1.807, 2.05) is 0 Å². The first-order valence-electron chi connectivity index (χ1n) is 4.72. The predicted octanol–water partition coefficient (Wildman–Crippen LogP) is 0.778. The molecule has 3 N–H and O–H groups in total. The first-order valence-corrected chi connectivity index (χ1v) is 4.72. The minimum atomic E-state index is -0.362. The topological polar surface area (TPSA) is 53.2 Å². The fraction of sp³-hybridized carbons (Fsp3) is 0.300. The van der Waals surface area contributed by atoms with Gasteiger partial charge in [0, 0.05) is 6.54 Å². The van der Waals surface area contributed by atoms with Crippen molar-refractivity contribution in [1.82, 2.24) is 5.32 Å². The van der Waals surface area contributed by atoms with Crippen molar-refractivity contribution in [2.45, 2.75) is 6.04 Å². The zero-order valence-corrected chi connectivity index (χ0v) is 8.30. The van der Waals surface area contributed by atoms with Gasteiger partial charge in [-0.25, -0.2) is 4.39 Å². The molecule has 2 rings (SSSR count). The number of carbonyl (C=O) groups is 1. The van der Waals surface area contributed by atoms with Gasteiger partial charge in [-0.1, -0.05) is 0 Å². The van der Waals surface area contributed by atoms with Gasteiger partial charge in [-0.15, -0.1) is 0 Å². The third-order valence-electron chi connectivity index (χ3n) is 2.40. The van der Waals surface area contributed by atoms with E-state index in [0.29, 0.717) is 12.2 Å². The van der Waals surface area contributed by atoms with E-state index < -0.39 is 0 Å². The van der Waals surface area contributed by atoms with E-state index in [2.05, 4.69) is 16.0 Å². The Morgan fingerprint density at radius 1 is 1.47 bits per heavy atom.